The maximum Gasteiger partial charge on any atom is 0.226 e. The lowest BCUT2D eigenvalue weighted by Gasteiger charge is -2.33. The molecule has 1 heterocycles. The molecule has 0 aromatic heterocycles. The molecule has 0 aliphatic carbocycles. The zero-order chi connectivity index (χ0) is 21.3. The highest BCUT2D eigenvalue weighted by Gasteiger charge is 2.24. The van der Waals surface area contributed by atoms with E-state index in [4.69, 9.17) is 4.74 Å². The highest BCUT2D eigenvalue weighted by Crippen LogP contribution is 2.23. The number of hydrogen-bond acceptors (Lipinski definition) is 3. The third kappa shape index (κ3) is 6.58. The molecule has 1 N–H and O–H groups in total. The summed E-state index contributed by atoms with van der Waals surface area (Å²) in [6, 6.07) is 13.8. The third-order valence-corrected chi connectivity index (χ3v) is 5.44. The third-order valence-electron chi connectivity index (χ3n) is 5.44. The van der Waals surface area contributed by atoms with Gasteiger partial charge in [-0.25, -0.2) is 4.39 Å². The second-order valence-corrected chi connectivity index (χ2v) is 7.81. The van der Waals surface area contributed by atoms with E-state index in [-0.39, 0.29) is 17.6 Å². The van der Waals surface area contributed by atoms with Crippen molar-refractivity contribution < 1.29 is 18.7 Å². The maximum atomic E-state index is 13.2. The first kappa shape index (κ1) is 21.8. The van der Waals surface area contributed by atoms with Crippen LogP contribution in [0.25, 0.3) is 0 Å². The number of amides is 2. The van der Waals surface area contributed by atoms with Crippen LogP contribution in [0, 0.1) is 18.7 Å². The first-order chi connectivity index (χ1) is 14.5. The highest BCUT2D eigenvalue weighted by atomic mass is 19.1. The van der Waals surface area contributed by atoms with Gasteiger partial charge in [-0.15, -0.1) is 0 Å². The van der Waals surface area contributed by atoms with Gasteiger partial charge in [-0.05, 0) is 68.0 Å². The van der Waals surface area contributed by atoms with Gasteiger partial charge >= 0.3 is 0 Å². The summed E-state index contributed by atoms with van der Waals surface area (Å²) >= 11 is 0. The van der Waals surface area contributed by atoms with E-state index in [1.807, 2.05) is 35.2 Å². The van der Waals surface area contributed by atoms with Crippen LogP contribution in [0.1, 0.15) is 37.7 Å². The van der Waals surface area contributed by atoms with Crippen molar-refractivity contribution in [3.8, 4) is 5.75 Å². The first-order valence-electron chi connectivity index (χ1n) is 10.5. The van der Waals surface area contributed by atoms with E-state index in [0.29, 0.717) is 43.2 Å². The number of aryl methyl sites for hydroxylation is 1. The average Bonchev–Trinajstić information content (AvgIpc) is 2.75. The number of hydrogen-bond donors (Lipinski definition) is 1. The van der Waals surface area contributed by atoms with Crippen LogP contribution in [-0.4, -0.2) is 36.4 Å². The zero-order valence-corrected chi connectivity index (χ0v) is 17.4. The Morgan fingerprint density at radius 3 is 2.73 bits per heavy atom. The van der Waals surface area contributed by atoms with Gasteiger partial charge < -0.3 is 15.0 Å². The summed E-state index contributed by atoms with van der Waals surface area (Å²) < 4.78 is 18.8. The second-order valence-electron chi connectivity index (χ2n) is 7.81. The van der Waals surface area contributed by atoms with E-state index >= 15 is 0 Å². The predicted octanol–water partition coefficient (Wildman–Crippen LogP) is 4.56. The molecule has 1 unspecified atom stereocenters. The number of carbonyl (C=O) groups excluding carboxylic acids is 2. The van der Waals surface area contributed by atoms with Crippen LogP contribution < -0.4 is 10.1 Å². The minimum absolute atomic E-state index is 0.0792. The van der Waals surface area contributed by atoms with Gasteiger partial charge in [0.15, 0.2) is 0 Å². The standard InChI is InChI=1S/C24H29FN2O3/c1-18-16-20(25)10-11-22(18)26-23(28)12-9-19-6-5-14-27(17-19)24(29)13-15-30-21-7-3-2-4-8-21/h2-4,7-8,10-11,16,19H,5-6,9,12-15,17H2,1H3,(H,26,28). The number of halogens is 1. The predicted molar refractivity (Wildman–Crippen MR) is 115 cm³/mol. The number of nitrogens with one attached hydrogen (secondary N) is 1. The van der Waals surface area contributed by atoms with E-state index in [0.717, 1.165) is 31.6 Å². The number of para-hydroxylation sites is 1. The summed E-state index contributed by atoms with van der Waals surface area (Å²) in [6.45, 7) is 3.59. The molecule has 1 aliphatic heterocycles. The van der Waals surface area contributed by atoms with E-state index in [9.17, 15) is 14.0 Å². The monoisotopic (exact) mass is 412 g/mol. The number of likely N-dealkylation sites (tertiary alicyclic amines) is 1. The topological polar surface area (TPSA) is 58.6 Å². The van der Waals surface area contributed by atoms with Gasteiger partial charge in [0.2, 0.25) is 11.8 Å². The molecule has 5 nitrogen and oxygen atoms in total. The Morgan fingerprint density at radius 1 is 1.17 bits per heavy atom. The number of rotatable bonds is 8. The van der Waals surface area contributed by atoms with Crippen molar-refractivity contribution >= 4 is 17.5 Å². The molecule has 1 aliphatic rings. The van der Waals surface area contributed by atoms with Crippen molar-refractivity contribution in [1.29, 1.82) is 0 Å². The fourth-order valence-electron chi connectivity index (χ4n) is 3.77. The van der Waals surface area contributed by atoms with Crippen LogP contribution in [0.15, 0.2) is 48.5 Å². The van der Waals surface area contributed by atoms with Crippen molar-refractivity contribution in [2.24, 2.45) is 5.92 Å². The molecule has 0 saturated carbocycles. The molecule has 2 aromatic carbocycles. The fourth-order valence-corrected chi connectivity index (χ4v) is 3.77. The van der Waals surface area contributed by atoms with Crippen LogP contribution >= 0.6 is 0 Å². The van der Waals surface area contributed by atoms with Gasteiger partial charge in [-0.3, -0.25) is 9.59 Å². The zero-order valence-electron chi connectivity index (χ0n) is 17.4. The molecule has 160 valence electrons. The molecule has 2 amide bonds. The van der Waals surface area contributed by atoms with Gasteiger partial charge in [0.25, 0.3) is 0 Å². The molecule has 0 bridgehead atoms. The molecule has 0 radical (unpaired) electrons. The summed E-state index contributed by atoms with van der Waals surface area (Å²) in [5.41, 5.74) is 1.34. The van der Waals surface area contributed by atoms with Crippen LogP contribution in [0.3, 0.4) is 0 Å². The Labute approximate surface area is 177 Å². The van der Waals surface area contributed by atoms with Gasteiger partial charge in [0.1, 0.15) is 11.6 Å². The summed E-state index contributed by atoms with van der Waals surface area (Å²) in [4.78, 5) is 26.7. The van der Waals surface area contributed by atoms with Crippen LogP contribution in [0.2, 0.25) is 0 Å². The summed E-state index contributed by atoms with van der Waals surface area (Å²) in [5, 5.41) is 2.85. The van der Waals surface area contributed by atoms with Crippen LogP contribution in [0.5, 0.6) is 5.75 Å². The smallest absolute Gasteiger partial charge is 0.226 e. The van der Waals surface area contributed by atoms with Crippen molar-refractivity contribution in [1.82, 2.24) is 4.90 Å². The maximum absolute atomic E-state index is 13.2. The minimum atomic E-state index is -0.313. The van der Waals surface area contributed by atoms with Crippen molar-refractivity contribution in [3.05, 3.63) is 59.9 Å². The molecule has 1 atom stereocenters. The van der Waals surface area contributed by atoms with Crippen molar-refractivity contribution in [2.75, 3.05) is 25.0 Å². The number of ether oxygens (including phenoxy) is 1. The number of nitrogens with zero attached hydrogens (tertiary/aromatic N) is 1. The van der Waals surface area contributed by atoms with Crippen LogP contribution in [-0.2, 0) is 9.59 Å². The number of carbonyl (C=O) groups is 2. The first-order valence-corrected chi connectivity index (χ1v) is 10.5. The SMILES string of the molecule is Cc1cc(F)ccc1NC(=O)CCC1CCCN(C(=O)CCOc2ccccc2)C1. The van der Waals surface area contributed by atoms with E-state index in [1.54, 1.807) is 13.0 Å². The summed E-state index contributed by atoms with van der Waals surface area (Å²) in [5.74, 6) is 0.792. The molecule has 1 fully saturated rings. The molecular weight excluding hydrogens is 383 g/mol. The highest BCUT2D eigenvalue weighted by molar-refractivity contribution is 5.91. The molecule has 30 heavy (non-hydrogen) atoms. The number of anilines is 1. The Hall–Kier alpha value is -2.89. The van der Waals surface area contributed by atoms with Gasteiger partial charge in [-0.1, -0.05) is 18.2 Å². The summed E-state index contributed by atoms with van der Waals surface area (Å²) in [6.07, 6.45) is 3.45. The van der Waals surface area contributed by atoms with Crippen molar-refractivity contribution in [3.63, 3.8) is 0 Å². The van der Waals surface area contributed by atoms with Crippen molar-refractivity contribution in [2.45, 2.75) is 39.0 Å². The molecule has 2 aromatic rings. The lowest BCUT2D eigenvalue weighted by molar-refractivity contribution is -0.133. The average molecular weight is 413 g/mol. The van der Waals surface area contributed by atoms with E-state index < -0.39 is 0 Å². The molecule has 6 heteroatoms. The lowest BCUT2D eigenvalue weighted by atomic mass is 9.93. The molecule has 1 saturated heterocycles. The Kier molecular flexibility index (Phi) is 7.82. The van der Waals surface area contributed by atoms with E-state index in [2.05, 4.69) is 5.32 Å². The van der Waals surface area contributed by atoms with Crippen LogP contribution in [0.4, 0.5) is 10.1 Å². The van der Waals surface area contributed by atoms with E-state index in [1.165, 1.54) is 12.1 Å². The fraction of sp³-hybridized carbons (Fsp3) is 0.417. The normalized spacial score (nSPS) is 16.2. The lowest BCUT2D eigenvalue weighted by Crippen LogP contribution is -2.40. The molecule has 3 rings (SSSR count). The van der Waals surface area contributed by atoms with Gasteiger partial charge in [0.05, 0.1) is 13.0 Å². The van der Waals surface area contributed by atoms with Gasteiger partial charge in [-0.2, -0.15) is 0 Å². The largest absolute Gasteiger partial charge is 0.493 e. The van der Waals surface area contributed by atoms with Gasteiger partial charge in [0, 0.05) is 25.2 Å². The Bertz CT molecular complexity index is 857. The number of benzene rings is 2. The molecular formula is C24H29FN2O3. The Balaban J connectivity index is 1.39. The Morgan fingerprint density at radius 2 is 1.97 bits per heavy atom. The number of piperidine rings is 1. The quantitative estimate of drug-likeness (QED) is 0.691. The molecule has 0 spiro atoms. The summed E-state index contributed by atoms with van der Waals surface area (Å²) in [7, 11) is 0. The minimum Gasteiger partial charge on any atom is -0.493 e. The second kappa shape index (κ2) is 10.8.